The van der Waals surface area contributed by atoms with E-state index in [0.29, 0.717) is 22.6 Å². The Balaban J connectivity index is 1.66. The van der Waals surface area contributed by atoms with Gasteiger partial charge in [0.05, 0.1) is 0 Å². The SMILES string of the molecule is Cc1ccccc1OCC(=O)Nc1cccc(C(=O)c2ccc(C(C)(C)C)cc2)c1. The molecule has 4 nitrogen and oxygen atoms in total. The molecule has 154 valence electrons. The molecule has 3 rings (SSSR count). The monoisotopic (exact) mass is 401 g/mol. The minimum atomic E-state index is -0.280. The summed E-state index contributed by atoms with van der Waals surface area (Å²) in [4.78, 5) is 25.1. The van der Waals surface area contributed by atoms with Gasteiger partial charge in [-0.2, -0.15) is 0 Å². The summed E-state index contributed by atoms with van der Waals surface area (Å²) in [5.74, 6) is 0.315. The smallest absolute Gasteiger partial charge is 0.262 e. The van der Waals surface area contributed by atoms with Crippen LogP contribution < -0.4 is 10.1 Å². The molecule has 1 N–H and O–H groups in total. The van der Waals surface area contributed by atoms with Crippen molar-refractivity contribution in [3.8, 4) is 5.75 Å². The number of hydrogen-bond donors (Lipinski definition) is 1. The topological polar surface area (TPSA) is 55.4 Å². The maximum atomic E-state index is 12.9. The van der Waals surface area contributed by atoms with Gasteiger partial charge in [-0.3, -0.25) is 9.59 Å². The minimum Gasteiger partial charge on any atom is -0.483 e. The first kappa shape index (κ1) is 21.3. The first-order valence-electron chi connectivity index (χ1n) is 9.97. The van der Waals surface area contributed by atoms with Crippen LogP contribution in [0.1, 0.15) is 47.8 Å². The molecule has 0 saturated carbocycles. The molecule has 0 aliphatic heterocycles. The zero-order valence-electron chi connectivity index (χ0n) is 17.9. The standard InChI is InChI=1S/C26H27NO3/c1-18-8-5-6-11-23(18)30-17-24(28)27-22-10-7-9-20(16-22)25(29)19-12-14-21(15-13-19)26(2,3)4/h5-16H,17H2,1-4H3,(H,27,28). The second kappa shape index (κ2) is 8.95. The summed E-state index contributed by atoms with van der Waals surface area (Å²) in [6.07, 6.45) is 0. The van der Waals surface area contributed by atoms with Crippen molar-refractivity contribution in [2.24, 2.45) is 0 Å². The Hall–Kier alpha value is -3.40. The Bertz CT molecular complexity index is 1050. The van der Waals surface area contributed by atoms with Gasteiger partial charge in [0.1, 0.15) is 5.75 Å². The summed E-state index contributed by atoms with van der Waals surface area (Å²) >= 11 is 0. The number of aryl methyl sites for hydroxylation is 1. The van der Waals surface area contributed by atoms with Crippen LogP contribution in [0.15, 0.2) is 72.8 Å². The molecule has 0 atom stereocenters. The molecule has 0 aliphatic carbocycles. The van der Waals surface area contributed by atoms with Gasteiger partial charge >= 0.3 is 0 Å². The lowest BCUT2D eigenvalue weighted by Gasteiger charge is -2.19. The molecule has 4 heteroatoms. The van der Waals surface area contributed by atoms with E-state index in [1.165, 1.54) is 5.56 Å². The average Bonchev–Trinajstić information content (AvgIpc) is 2.72. The van der Waals surface area contributed by atoms with Crippen molar-refractivity contribution >= 4 is 17.4 Å². The van der Waals surface area contributed by atoms with E-state index in [2.05, 4.69) is 26.1 Å². The van der Waals surface area contributed by atoms with Crippen LogP contribution in [0.2, 0.25) is 0 Å². The van der Waals surface area contributed by atoms with Gasteiger partial charge in [0.25, 0.3) is 5.91 Å². The minimum absolute atomic E-state index is 0.0339. The van der Waals surface area contributed by atoms with E-state index in [-0.39, 0.29) is 23.7 Å². The van der Waals surface area contributed by atoms with Crippen molar-refractivity contribution in [3.05, 3.63) is 95.1 Å². The molecule has 3 aromatic rings. The fourth-order valence-electron chi connectivity index (χ4n) is 3.09. The molecule has 0 heterocycles. The van der Waals surface area contributed by atoms with Crippen molar-refractivity contribution in [1.82, 2.24) is 0 Å². The van der Waals surface area contributed by atoms with Crippen LogP contribution in [0.4, 0.5) is 5.69 Å². The van der Waals surface area contributed by atoms with Crippen LogP contribution in [0, 0.1) is 6.92 Å². The maximum Gasteiger partial charge on any atom is 0.262 e. The number of nitrogens with one attached hydrogen (secondary N) is 1. The third-order valence-corrected chi connectivity index (χ3v) is 4.87. The van der Waals surface area contributed by atoms with E-state index in [4.69, 9.17) is 4.74 Å². The Morgan fingerprint density at radius 1 is 0.867 bits per heavy atom. The Morgan fingerprint density at radius 2 is 1.57 bits per heavy atom. The molecule has 0 saturated heterocycles. The van der Waals surface area contributed by atoms with Crippen molar-refractivity contribution < 1.29 is 14.3 Å². The van der Waals surface area contributed by atoms with Gasteiger partial charge < -0.3 is 10.1 Å². The van der Waals surface area contributed by atoms with E-state index in [0.717, 1.165) is 5.56 Å². The van der Waals surface area contributed by atoms with Gasteiger partial charge in [-0.15, -0.1) is 0 Å². The fraction of sp³-hybridized carbons (Fsp3) is 0.231. The van der Waals surface area contributed by atoms with Crippen molar-refractivity contribution in [1.29, 1.82) is 0 Å². The molecule has 0 aromatic heterocycles. The summed E-state index contributed by atoms with van der Waals surface area (Å²) in [5, 5.41) is 2.79. The molecule has 0 radical (unpaired) electrons. The molecular formula is C26H27NO3. The van der Waals surface area contributed by atoms with E-state index < -0.39 is 0 Å². The van der Waals surface area contributed by atoms with Crippen LogP contribution >= 0.6 is 0 Å². The zero-order chi connectivity index (χ0) is 21.7. The van der Waals surface area contributed by atoms with Gasteiger partial charge in [0.2, 0.25) is 0 Å². The van der Waals surface area contributed by atoms with Gasteiger partial charge in [0, 0.05) is 16.8 Å². The molecule has 0 spiro atoms. The Morgan fingerprint density at radius 3 is 2.23 bits per heavy atom. The first-order valence-corrected chi connectivity index (χ1v) is 9.97. The lowest BCUT2D eigenvalue weighted by molar-refractivity contribution is -0.118. The van der Waals surface area contributed by atoms with E-state index in [9.17, 15) is 9.59 Å². The van der Waals surface area contributed by atoms with Crippen LogP contribution in [0.5, 0.6) is 5.75 Å². The number of benzene rings is 3. The molecule has 1 amide bonds. The Kier molecular flexibility index (Phi) is 6.36. The number of amides is 1. The van der Waals surface area contributed by atoms with Gasteiger partial charge in [-0.05, 0) is 41.7 Å². The number of hydrogen-bond acceptors (Lipinski definition) is 3. The van der Waals surface area contributed by atoms with E-state index >= 15 is 0 Å². The molecule has 3 aromatic carbocycles. The number of ether oxygens (including phenoxy) is 1. The molecule has 0 unspecified atom stereocenters. The van der Waals surface area contributed by atoms with Crippen LogP contribution in [-0.2, 0) is 10.2 Å². The zero-order valence-corrected chi connectivity index (χ0v) is 17.9. The maximum absolute atomic E-state index is 12.9. The quantitative estimate of drug-likeness (QED) is 0.552. The lowest BCUT2D eigenvalue weighted by atomic mass is 9.86. The predicted octanol–water partition coefficient (Wildman–Crippen LogP) is 5.54. The summed E-state index contributed by atoms with van der Waals surface area (Å²) in [7, 11) is 0. The predicted molar refractivity (Wildman–Crippen MR) is 120 cm³/mol. The van der Waals surface area contributed by atoms with Gasteiger partial charge in [-0.1, -0.05) is 75.4 Å². The number of carbonyl (C=O) groups excluding carboxylic acids is 2. The second-order valence-electron chi connectivity index (χ2n) is 8.34. The average molecular weight is 402 g/mol. The van der Waals surface area contributed by atoms with Crippen LogP contribution in [0.25, 0.3) is 0 Å². The molecule has 0 fully saturated rings. The number of para-hydroxylation sites is 1. The molecular weight excluding hydrogens is 374 g/mol. The van der Waals surface area contributed by atoms with Crippen LogP contribution in [-0.4, -0.2) is 18.3 Å². The first-order chi connectivity index (χ1) is 14.2. The number of carbonyl (C=O) groups is 2. The highest BCUT2D eigenvalue weighted by Crippen LogP contribution is 2.23. The van der Waals surface area contributed by atoms with Gasteiger partial charge in [-0.25, -0.2) is 0 Å². The highest BCUT2D eigenvalue weighted by molar-refractivity contribution is 6.09. The highest BCUT2D eigenvalue weighted by atomic mass is 16.5. The van der Waals surface area contributed by atoms with Gasteiger partial charge in [0.15, 0.2) is 12.4 Å². The number of rotatable bonds is 6. The third kappa shape index (κ3) is 5.35. The molecule has 0 aliphatic rings. The van der Waals surface area contributed by atoms with Crippen molar-refractivity contribution in [2.75, 3.05) is 11.9 Å². The molecule has 30 heavy (non-hydrogen) atoms. The normalized spacial score (nSPS) is 11.1. The summed E-state index contributed by atoms with van der Waals surface area (Å²) in [6.45, 7) is 8.24. The Labute approximate surface area is 177 Å². The van der Waals surface area contributed by atoms with Crippen molar-refractivity contribution in [3.63, 3.8) is 0 Å². The summed E-state index contributed by atoms with van der Waals surface area (Å²) in [6, 6.07) is 22.2. The van der Waals surface area contributed by atoms with E-state index in [1.54, 1.807) is 24.3 Å². The highest BCUT2D eigenvalue weighted by Gasteiger charge is 2.15. The number of anilines is 1. The summed E-state index contributed by atoms with van der Waals surface area (Å²) in [5.41, 5.74) is 3.88. The van der Waals surface area contributed by atoms with E-state index in [1.807, 2.05) is 55.5 Å². The third-order valence-electron chi connectivity index (χ3n) is 4.87. The number of ketones is 1. The van der Waals surface area contributed by atoms with Crippen LogP contribution in [0.3, 0.4) is 0 Å². The summed E-state index contributed by atoms with van der Waals surface area (Å²) < 4.78 is 5.58. The second-order valence-corrected chi connectivity index (χ2v) is 8.34. The largest absolute Gasteiger partial charge is 0.483 e. The molecule has 0 bridgehead atoms. The lowest BCUT2D eigenvalue weighted by Crippen LogP contribution is -2.20. The van der Waals surface area contributed by atoms with Crippen molar-refractivity contribution in [2.45, 2.75) is 33.1 Å². The fourth-order valence-corrected chi connectivity index (χ4v) is 3.09.